The fourth-order valence-corrected chi connectivity index (χ4v) is 3.26. The second kappa shape index (κ2) is 10.8. The van der Waals surface area contributed by atoms with E-state index >= 15 is 0 Å². The summed E-state index contributed by atoms with van der Waals surface area (Å²) in [6.45, 7) is 7.53. The zero-order valence-electron chi connectivity index (χ0n) is 15.5. The zero-order valence-corrected chi connectivity index (χ0v) is 18.6. The number of hydrogen-bond acceptors (Lipinski definition) is 3. The lowest BCUT2D eigenvalue weighted by Gasteiger charge is -2.11. The summed E-state index contributed by atoms with van der Waals surface area (Å²) < 4.78 is 37.8. The van der Waals surface area contributed by atoms with Crippen LogP contribution in [0.2, 0.25) is 0 Å². The molecule has 0 unspecified atom stereocenters. The highest BCUT2D eigenvalue weighted by Gasteiger charge is 2.33. The van der Waals surface area contributed by atoms with Crippen LogP contribution in [0.1, 0.15) is 34.3 Å². The maximum Gasteiger partial charge on any atom is 0.434 e. The van der Waals surface area contributed by atoms with Crippen molar-refractivity contribution in [3.63, 3.8) is 0 Å². The van der Waals surface area contributed by atoms with E-state index in [1.165, 1.54) is 16.7 Å². The molecule has 1 aromatic carbocycles. The van der Waals surface area contributed by atoms with Crippen molar-refractivity contribution in [3.05, 3.63) is 51.0 Å². The molecule has 2 aromatic rings. The number of aryl methyl sites for hydroxylation is 2. The van der Waals surface area contributed by atoms with Crippen LogP contribution in [0.4, 0.5) is 13.2 Å². The molecule has 0 bridgehead atoms. The van der Waals surface area contributed by atoms with Crippen molar-refractivity contribution in [2.75, 3.05) is 13.1 Å². The molecule has 0 atom stereocenters. The van der Waals surface area contributed by atoms with Crippen LogP contribution in [0, 0.1) is 13.8 Å². The van der Waals surface area contributed by atoms with E-state index in [0.29, 0.717) is 24.1 Å². The molecule has 0 aliphatic heterocycles. The summed E-state index contributed by atoms with van der Waals surface area (Å²) in [4.78, 5) is 7.91. The fourth-order valence-electron chi connectivity index (χ4n) is 2.54. The van der Waals surface area contributed by atoms with E-state index in [1.807, 2.05) is 6.92 Å². The number of rotatable bonds is 6. The molecule has 9 heteroatoms. The second-order valence-electron chi connectivity index (χ2n) is 5.99. The fraction of sp³-hybridized carbons (Fsp3) is 0.444. The van der Waals surface area contributed by atoms with Crippen molar-refractivity contribution in [1.29, 1.82) is 0 Å². The van der Waals surface area contributed by atoms with E-state index in [-0.39, 0.29) is 30.5 Å². The number of nitrogens with one attached hydrogen (secondary N) is 2. The first-order chi connectivity index (χ1) is 12.3. The van der Waals surface area contributed by atoms with Crippen molar-refractivity contribution in [3.8, 4) is 0 Å². The Balaban J connectivity index is 0.00000364. The average Bonchev–Trinajstić information content (AvgIpc) is 3.01. The summed E-state index contributed by atoms with van der Waals surface area (Å²) in [7, 11) is 0. The van der Waals surface area contributed by atoms with Crippen molar-refractivity contribution in [2.45, 2.75) is 39.9 Å². The van der Waals surface area contributed by atoms with Gasteiger partial charge in [0, 0.05) is 18.5 Å². The monoisotopic (exact) mass is 512 g/mol. The molecule has 0 spiro atoms. The lowest BCUT2D eigenvalue weighted by Crippen LogP contribution is -2.38. The van der Waals surface area contributed by atoms with Gasteiger partial charge in [-0.15, -0.1) is 35.3 Å². The van der Waals surface area contributed by atoms with Crippen LogP contribution in [0.5, 0.6) is 0 Å². The van der Waals surface area contributed by atoms with Crippen molar-refractivity contribution < 1.29 is 13.2 Å². The third-order valence-electron chi connectivity index (χ3n) is 3.55. The Hall–Kier alpha value is -1.36. The van der Waals surface area contributed by atoms with Gasteiger partial charge in [-0.1, -0.05) is 29.3 Å². The van der Waals surface area contributed by atoms with E-state index in [9.17, 15) is 13.2 Å². The van der Waals surface area contributed by atoms with Crippen LogP contribution >= 0.6 is 35.3 Å². The van der Waals surface area contributed by atoms with Gasteiger partial charge in [-0.3, -0.25) is 0 Å². The third-order valence-corrected chi connectivity index (χ3v) is 4.38. The Bertz CT molecular complexity index is 739. The quantitative estimate of drug-likeness (QED) is 0.336. The molecular weight excluding hydrogens is 488 g/mol. The minimum atomic E-state index is -4.41. The largest absolute Gasteiger partial charge is 0.434 e. The van der Waals surface area contributed by atoms with Crippen molar-refractivity contribution in [1.82, 2.24) is 15.6 Å². The van der Waals surface area contributed by atoms with Gasteiger partial charge in [-0.2, -0.15) is 13.2 Å². The first-order valence-corrected chi connectivity index (χ1v) is 9.27. The van der Waals surface area contributed by atoms with Crippen LogP contribution in [-0.4, -0.2) is 24.0 Å². The third kappa shape index (κ3) is 8.04. The predicted molar refractivity (Wildman–Crippen MR) is 115 cm³/mol. The van der Waals surface area contributed by atoms with Gasteiger partial charge in [0.05, 0.1) is 6.54 Å². The Kier molecular flexibility index (Phi) is 9.51. The van der Waals surface area contributed by atoms with E-state index in [1.54, 1.807) is 0 Å². The molecule has 0 amide bonds. The van der Waals surface area contributed by atoms with Crippen molar-refractivity contribution >= 4 is 41.3 Å². The summed E-state index contributed by atoms with van der Waals surface area (Å²) in [6.07, 6.45) is -3.57. The smallest absolute Gasteiger partial charge is 0.357 e. The number of aliphatic imine (C=N–C) groups is 1. The highest BCUT2D eigenvalue weighted by Crippen LogP contribution is 2.30. The average molecular weight is 512 g/mol. The van der Waals surface area contributed by atoms with Crippen LogP contribution in [0.25, 0.3) is 0 Å². The van der Waals surface area contributed by atoms with Gasteiger partial charge in [-0.05, 0) is 32.8 Å². The minimum absolute atomic E-state index is 0. The summed E-state index contributed by atoms with van der Waals surface area (Å²) in [5.41, 5.74) is 2.83. The number of halogens is 4. The molecule has 4 nitrogen and oxygen atoms in total. The van der Waals surface area contributed by atoms with Gasteiger partial charge in [-0.25, -0.2) is 9.98 Å². The number of alkyl halides is 3. The van der Waals surface area contributed by atoms with E-state index in [2.05, 4.69) is 52.7 Å². The first-order valence-electron chi connectivity index (χ1n) is 8.39. The standard InChI is InChI=1S/C18H23F3N4S.HI/c1-4-22-17(23-6-5-14-8-12(2)7-13(3)9-14)24-10-16-25-15(11-26-16)18(19,20)21;/h7-9,11H,4-6,10H2,1-3H3,(H2,22,23,24);1H. The van der Waals surface area contributed by atoms with E-state index in [4.69, 9.17) is 0 Å². The molecule has 0 radical (unpaired) electrons. The van der Waals surface area contributed by atoms with Gasteiger partial charge in [0.15, 0.2) is 11.7 Å². The minimum Gasteiger partial charge on any atom is -0.357 e. The Labute approximate surface area is 178 Å². The molecule has 1 aromatic heterocycles. The number of nitrogens with zero attached hydrogens (tertiary/aromatic N) is 2. The van der Waals surface area contributed by atoms with Crippen LogP contribution < -0.4 is 10.6 Å². The number of aromatic nitrogens is 1. The molecule has 2 rings (SSSR count). The van der Waals surface area contributed by atoms with Gasteiger partial charge < -0.3 is 10.6 Å². The Morgan fingerprint density at radius 2 is 1.81 bits per heavy atom. The summed E-state index contributed by atoms with van der Waals surface area (Å²) in [6, 6.07) is 6.42. The van der Waals surface area contributed by atoms with Gasteiger partial charge in [0.1, 0.15) is 5.01 Å². The summed E-state index contributed by atoms with van der Waals surface area (Å²) >= 11 is 0.967. The normalized spacial score (nSPS) is 11.9. The molecule has 1 heterocycles. The van der Waals surface area contributed by atoms with E-state index in [0.717, 1.165) is 23.1 Å². The molecule has 27 heavy (non-hydrogen) atoms. The molecular formula is C18H24F3IN4S. The number of thiazole rings is 1. The SMILES string of the molecule is CCNC(=NCc1nc(C(F)(F)F)cs1)NCCc1cc(C)cc(C)c1.I. The van der Waals surface area contributed by atoms with Gasteiger partial charge in [0.25, 0.3) is 0 Å². The van der Waals surface area contributed by atoms with Gasteiger partial charge >= 0.3 is 6.18 Å². The Morgan fingerprint density at radius 3 is 2.37 bits per heavy atom. The number of benzene rings is 1. The maximum absolute atomic E-state index is 12.6. The maximum atomic E-state index is 12.6. The highest BCUT2D eigenvalue weighted by molar-refractivity contribution is 14.0. The molecule has 0 aliphatic rings. The van der Waals surface area contributed by atoms with Crippen molar-refractivity contribution in [2.24, 2.45) is 4.99 Å². The molecule has 2 N–H and O–H groups in total. The molecule has 0 saturated heterocycles. The molecule has 150 valence electrons. The summed E-state index contributed by atoms with van der Waals surface area (Å²) in [5, 5.41) is 7.66. The zero-order chi connectivity index (χ0) is 19.2. The predicted octanol–water partition coefficient (Wildman–Crippen LogP) is 4.69. The molecule has 0 fully saturated rings. The molecule has 0 saturated carbocycles. The van der Waals surface area contributed by atoms with Crippen LogP contribution in [0.15, 0.2) is 28.6 Å². The first kappa shape index (κ1) is 23.7. The van der Waals surface area contributed by atoms with Crippen LogP contribution in [0.3, 0.4) is 0 Å². The number of hydrogen-bond donors (Lipinski definition) is 2. The van der Waals surface area contributed by atoms with Gasteiger partial charge in [0.2, 0.25) is 0 Å². The number of guanidine groups is 1. The summed E-state index contributed by atoms with van der Waals surface area (Å²) in [5.74, 6) is 0.570. The topological polar surface area (TPSA) is 49.3 Å². The van der Waals surface area contributed by atoms with E-state index < -0.39 is 11.9 Å². The highest BCUT2D eigenvalue weighted by atomic mass is 127. The lowest BCUT2D eigenvalue weighted by atomic mass is 10.1. The Morgan fingerprint density at radius 1 is 1.15 bits per heavy atom. The second-order valence-corrected chi connectivity index (χ2v) is 6.93. The lowest BCUT2D eigenvalue weighted by molar-refractivity contribution is -0.140. The van der Waals surface area contributed by atoms with Crippen LogP contribution in [-0.2, 0) is 19.1 Å². The molecule has 0 aliphatic carbocycles.